The maximum absolute atomic E-state index is 5.82. The van der Waals surface area contributed by atoms with Crippen LogP contribution in [0.15, 0.2) is 22.7 Å². The SMILES string of the molecule is Nc1ccc(CN2CCC[C@H]3CCCC[C@H]32)c(Br)c1. The average molecular weight is 323 g/mol. The van der Waals surface area contributed by atoms with Gasteiger partial charge in [0.2, 0.25) is 0 Å². The molecule has 19 heavy (non-hydrogen) atoms. The zero-order valence-electron chi connectivity index (χ0n) is 11.4. The number of nitrogens with zero attached hydrogens (tertiary/aromatic N) is 1. The first kappa shape index (κ1) is 13.4. The Kier molecular flexibility index (Phi) is 4.13. The summed E-state index contributed by atoms with van der Waals surface area (Å²) >= 11 is 3.66. The minimum Gasteiger partial charge on any atom is -0.399 e. The van der Waals surface area contributed by atoms with Crippen LogP contribution in [0.2, 0.25) is 0 Å². The minimum atomic E-state index is 0.826. The first-order chi connectivity index (χ1) is 9.24. The fourth-order valence-corrected chi connectivity index (χ4v) is 4.36. The van der Waals surface area contributed by atoms with Gasteiger partial charge in [-0.2, -0.15) is 0 Å². The highest BCUT2D eigenvalue weighted by Crippen LogP contribution is 2.36. The fraction of sp³-hybridized carbons (Fsp3) is 0.625. The number of benzene rings is 1. The zero-order chi connectivity index (χ0) is 13.2. The van der Waals surface area contributed by atoms with E-state index in [0.717, 1.165) is 28.7 Å². The summed E-state index contributed by atoms with van der Waals surface area (Å²) < 4.78 is 1.16. The Morgan fingerprint density at radius 2 is 1.95 bits per heavy atom. The molecule has 2 N–H and O–H groups in total. The van der Waals surface area contributed by atoms with E-state index in [-0.39, 0.29) is 0 Å². The second-order valence-corrected chi connectivity index (χ2v) is 6.93. The molecule has 2 fully saturated rings. The third-order valence-corrected chi connectivity index (χ3v) is 5.55. The quantitative estimate of drug-likeness (QED) is 0.827. The van der Waals surface area contributed by atoms with Crippen LogP contribution in [0.5, 0.6) is 0 Å². The first-order valence-electron chi connectivity index (χ1n) is 7.52. The van der Waals surface area contributed by atoms with Gasteiger partial charge in [0.15, 0.2) is 0 Å². The molecular formula is C16H23BrN2. The van der Waals surface area contributed by atoms with Crippen molar-refractivity contribution < 1.29 is 0 Å². The van der Waals surface area contributed by atoms with Crippen LogP contribution in [-0.2, 0) is 6.54 Å². The Hall–Kier alpha value is -0.540. The third kappa shape index (κ3) is 2.97. The standard InChI is InChI=1S/C16H23BrN2/c17-15-10-14(18)8-7-13(15)11-19-9-3-5-12-4-1-2-6-16(12)19/h7-8,10,12,16H,1-6,9,11,18H2/t12-,16-/m1/s1. The molecule has 2 nitrogen and oxygen atoms in total. The molecule has 2 aliphatic rings. The summed E-state index contributed by atoms with van der Waals surface area (Å²) in [5.74, 6) is 0.954. The van der Waals surface area contributed by atoms with E-state index in [1.165, 1.54) is 50.6 Å². The van der Waals surface area contributed by atoms with Crippen LogP contribution < -0.4 is 5.73 Å². The lowest BCUT2D eigenvalue weighted by atomic mass is 9.78. The number of likely N-dealkylation sites (tertiary alicyclic amines) is 1. The van der Waals surface area contributed by atoms with Crippen molar-refractivity contribution in [2.24, 2.45) is 5.92 Å². The Balaban J connectivity index is 1.74. The maximum Gasteiger partial charge on any atom is 0.0325 e. The molecule has 0 unspecified atom stereocenters. The number of rotatable bonds is 2. The molecule has 0 aromatic heterocycles. The minimum absolute atomic E-state index is 0.826. The van der Waals surface area contributed by atoms with Gasteiger partial charge in [0, 0.05) is 22.7 Å². The number of nitrogen functional groups attached to an aromatic ring is 1. The Labute approximate surface area is 124 Å². The highest BCUT2D eigenvalue weighted by atomic mass is 79.9. The highest BCUT2D eigenvalue weighted by Gasteiger charge is 2.33. The lowest BCUT2D eigenvalue weighted by Crippen LogP contribution is -2.46. The summed E-state index contributed by atoms with van der Waals surface area (Å²) in [6.45, 7) is 2.33. The summed E-state index contributed by atoms with van der Waals surface area (Å²) in [6.07, 6.45) is 8.53. The molecule has 0 amide bonds. The van der Waals surface area contributed by atoms with Gasteiger partial charge in [-0.1, -0.05) is 34.8 Å². The molecule has 0 radical (unpaired) electrons. The summed E-state index contributed by atoms with van der Waals surface area (Å²) in [5.41, 5.74) is 8.04. The van der Waals surface area contributed by atoms with Crippen LogP contribution in [0.25, 0.3) is 0 Å². The fourth-order valence-electron chi connectivity index (χ4n) is 3.83. The van der Waals surface area contributed by atoms with E-state index < -0.39 is 0 Å². The largest absolute Gasteiger partial charge is 0.399 e. The monoisotopic (exact) mass is 322 g/mol. The Morgan fingerprint density at radius 1 is 1.16 bits per heavy atom. The second-order valence-electron chi connectivity index (χ2n) is 6.08. The van der Waals surface area contributed by atoms with Crippen LogP contribution in [0.4, 0.5) is 5.69 Å². The lowest BCUT2D eigenvalue weighted by Gasteiger charge is -2.44. The Morgan fingerprint density at radius 3 is 2.79 bits per heavy atom. The summed E-state index contributed by atoms with van der Waals surface area (Å²) in [4.78, 5) is 2.71. The molecule has 1 aromatic rings. The van der Waals surface area contributed by atoms with Gasteiger partial charge in [-0.3, -0.25) is 4.90 Å². The van der Waals surface area contributed by atoms with Crippen molar-refractivity contribution in [2.45, 2.75) is 51.1 Å². The van der Waals surface area contributed by atoms with E-state index in [0.29, 0.717) is 0 Å². The van der Waals surface area contributed by atoms with E-state index in [2.05, 4.69) is 26.9 Å². The molecule has 1 saturated heterocycles. The topological polar surface area (TPSA) is 29.3 Å². The predicted octanol–water partition coefficient (Wildman–Crippen LogP) is 4.19. The molecule has 3 heteroatoms. The second kappa shape index (κ2) is 5.84. The van der Waals surface area contributed by atoms with Gasteiger partial charge in [0.1, 0.15) is 0 Å². The normalized spacial score (nSPS) is 28.1. The Bertz CT molecular complexity index is 444. The summed E-state index contributed by atoms with van der Waals surface area (Å²) in [5, 5.41) is 0. The molecule has 1 aliphatic carbocycles. The van der Waals surface area contributed by atoms with Crippen molar-refractivity contribution in [3.05, 3.63) is 28.2 Å². The highest BCUT2D eigenvalue weighted by molar-refractivity contribution is 9.10. The number of hydrogen-bond acceptors (Lipinski definition) is 2. The third-order valence-electron chi connectivity index (χ3n) is 4.81. The van der Waals surface area contributed by atoms with Gasteiger partial charge >= 0.3 is 0 Å². The molecule has 3 rings (SSSR count). The van der Waals surface area contributed by atoms with E-state index in [4.69, 9.17) is 5.73 Å². The van der Waals surface area contributed by atoms with Crippen LogP contribution in [0.3, 0.4) is 0 Å². The van der Waals surface area contributed by atoms with E-state index in [1.54, 1.807) is 0 Å². The van der Waals surface area contributed by atoms with Crippen LogP contribution in [0, 0.1) is 5.92 Å². The van der Waals surface area contributed by atoms with Crippen molar-refractivity contribution >= 4 is 21.6 Å². The summed E-state index contributed by atoms with van der Waals surface area (Å²) in [6, 6.07) is 7.04. The molecule has 0 spiro atoms. The van der Waals surface area contributed by atoms with Crippen LogP contribution in [0.1, 0.15) is 44.1 Å². The number of nitrogens with two attached hydrogens (primary N) is 1. The molecule has 1 aromatic carbocycles. The number of hydrogen-bond donors (Lipinski definition) is 1. The van der Waals surface area contributed by atoms with Crippen LogP contribution >= 0.6 is 15.9 Å². The first-order valence-corrected chi connectivity index (χ1v) is 8.31. The number of anilines is 1. The van der Waals surface area contributed by atoms with E-state index >= 15 is 0 Å². The van der Waals surface area contributed by atoms with Gasteiger partial charge in [0.25, 0.3) is 0 Å². The predicted molar refractivity (Wildman–Crippen MR) is 83.9 cm³/mol. The average Bonchev–Trinajstić information content (AvgIpc) is 2.42. The van der Waals surface area contributed by atoms with Gasteiger partial charge in [0.05, 0.1) is 0 Å². The number of fused-ring (bicyclic) bond motifs is 1. The molecule has 1 heterocycles. The smallest absolute Gasteiger partial charge is 0.0325 e. The zero-order valence-corrected chi connectivity index (χ0v) is 13.0. The van der Waals surface area contributed by atoms with E-state index in [1.807, 2.05) is 12.1 Å². The number of halogens is 1. The van der Waals surface area contributed by atoms with Gasteiger partial charge < -0.3 is 5.73 Å². The van der Waals surface area contributed by atoms with Gasteiger partial charge in [-0.25, -0.2) is 0 Å². The molecule has 104 valence electrons. The molecule has 1 saturated carbocycles. The summed E-state index contributed by atoms with van der Waals surface area (Å²) in [7, 11) is 0. The maximum atomic E-state index is 5.82. The molecule has 2 atom stereocenters. The van der Waals surface area contributed by atoms with Gasteiger partial charge in [-0.15, -0.1) is 0 Å². The molecule has 1 aliphatic heterocycles. The van der Waals surface area contributed by atoms with Gasteiger partial charge in [-0.05, 0) is 55.8 Å². The van der Waals surface area contributed by atoms with Crippen molar-refractivity contribution in [1.29, 1.82) is 0 Å². The van der Waals surface area contributed by atoms with Crippen molar-refractivity contribution in [2.75, 3.05) is 12.3 Å². The molecule has 0 bridgehead atoms. The van der Waals surface area contributed by atoms with Crippen LogP contribution in [-0.4, -0.2) is 17.5 Å². The number of piperidine rings is 1. The van der Waals surface area contributed by atoms with E-state index in [9.17, 15) is 0 Å². The lowest BCUT2D eigenvalue weighted by molar-refractivity contribution is 0.0545. The van der Waals surface area contributed by atoms with Crippen molar-refractivity contribution in [1.82, 2.24) is 4.90 Å². The van der Waals surface area contributed by atoms with Crippen molar-refractivity contribution in [3.63, 3.8) is 0 Å². The molecular weight excluding hydrogens is 300 g/mol. The van der Waals surface area contributed by atoms with Crippen molar-refractivity contribution in [3.8, 4) is 0 Å².